The molecule has 0 amide bonds. The smallest absolute Gasteiger partial charge is 0.0132 e. The highest BCUT2D eigenvalue weighted by molar-refractivity contribution is 5.66. The first-order valence-electron chi connectivity index (χ1n) is 13.5. The predicted octanol–water partition coefficient (Wildman–Crippen LogP) is 10.8. The molecule has 3 aromatic rings. The molecule has 0 saturated carbocycles. The monoisotopic (exact) mass is 468 g/mol. The normalized spacial score (nSPS) is 14.6. The third-order valence-electron chi connectivity index (χ3n) is 6.84. The zero-order valence-corrected chi connectivity index (χ0v) is 23.8. The van der Waals surface area contributed by atoms with Crippen LogP contribution in [0.5, 0.6) is 0 Å². The summed E-state index contributed by atoms with van der Waals surface area (Å²) >= 11 is 0. The van der Waals surface area contributed by atoms with E-state index in [1.807, 2.05) is 13.8 Å². The summed E-state index contributed by atoms with van der Waals surface area (Å²) in [6.07, 6.45) is 7.33. The molecule has 0 fully saturated rings. The number of aryl methyl sites for hydroxylation is 2. The van der Waals surface area contributed by atoms with Crippen LogP contribution in [0.1, 0.15) is 96.9 Å². The molecule has 0 aromatic heterocycles. The summed E-state index contributed by atoms with van der Waals surface area (Å²) < 4.78 is 0. The Morgan fingerprint density at radius 1 is 0.714 bits per heavy atom. The Morgan fingerprint density at radius 2 is 1.20 bits per heavy atom. The molecule has 0 N–H and O–H groups in total. The lowest BCUT2D eigenvalue weighted by molar-refractivity contribution is 0.335. The van der Waals surface area contributed by atoms with Gasteiger partial charge in [0.25, 0.3) is 0 Å². The van der Waals surface area contributed by atoms with Crippen molar-refractivity contribution in [2.24, 2.45) is 5.41 Å². The average molecular weight is 469 g/mol. The SMILES string of the molecule is CC.CCc1ccc(C2=CCC(C)(C)CC2)cc1.Cc1ccc(-c2ccc(C(C)(C)C)cc2)cc1. The van der Waals surface area contributed by atoms with Gasteiger partial charge in [-0.1, -0.05) is 140 Å². The van der Waals surface area contributed by atoms with Crippen molar-refractivity contribution in [2.75, 3.05) is 0 Å². The van der Waals surface area contributed by atoms with Gasteiger partial charge in [-0.2, -0.15) is 0 Å². The van der Waals surface area contributed by atoms with Gasteiger partial charge in [0.2, 0.25) is 0 Å². The zero-order valence-electron chi connectivity index (χ0n) is 23.8. The minimum absolute atomic E-state index is 0.228. The molecule has 4 rings (SSSR count). The fraction of sp³-hybridized carbons (Fsp3) is 0.429. The molecule has 0 saturated heterocycles. The number of benzene rings is 3. The van der Waals surface area contributed by atoms with Crippen LogP contribution in [0.25, 0.3) is 16.7 Å². The first-order valence-corrected chi connectivity index (χ1v) is 13.5. The van der Waals surface area contributed by atoms with Crippen molar-refractivity contribution >= 4 is 5.57 Å². The fourth-order valence-corrected chi connectivity index (χ4v) is 4.20. The number of hydrogen-bond donors (Lipinski definition) is 0. The zero-order chi connectivity index (χ0) is 26.1. The Balaban J connectivity index is 0.000000231. The topological polar surface area (TPSA) is 0 Å². The standard InChI is InChI=1S/C17H20.C16H22.C2H6/c1-13-5-7-14(8-6-13)15-9-11-16(12-10-15)17(2,3)4;1-4-13-5-7-14(8-6-13)15-9-11-16(2,3)12-10-15;1-2/h5-12H,1-4H3;5-9H,4,10-12H2,1-3H3;1-2H3. The Morgan fingerprint density at radius 3 is 1.63 bits per heavy atom. The van der Waals surface area contributed by atoms with Crippen LogP contribution in [0.3, 0.4) is 0 Å². The summed E-state index contributed by atoms with van der Waals surface area (Å²) in [6, 6.07) is 26.7. The molecule has 3 aromatic carbocycles. The van der Waals surface area contributed by atoms with E-state index in [0.29, 0.717) is 5.41 Å². The van der Waals surface area contributed by atoms with Crippen molar-refractivity contribution in [3.63, 3.8) is 0 Å². The predicted molar refractivity (Wildman–Crippen MR) is 158 cm³/mol. The summed E-state index contributed by atoms with van der Waals surface area (Å²) in [6.45, 7) is 19.8. The molecule has 0 nitrogen and oxygen atoms in total. The van der Waals surface area contributed by atoms with E-state index in [-0.39, 0.29) is 5.41 Å². The molecule has 0 atom stereocenters. The maximum atomic E-state index is 2.43. The van der Waals surface area contributed by atoms with Crippen molar-refractivity contribution in [2.45, 2.75) is 93.4 Å². The van der Waals surface area contributed by atoms with Gasteiger partial charge < -0.3 is 0 Å². The average Bonchev–Trinajstić information content (AvgIpc) is 2.86. The molecule has 1 aliphatic rings. The summed E-state index contributed by atoms with van der Waals surface area (Å²) in [7, 11) is 0. The third-order valence-corrected chi connectivity index (χ3v) is 6.84. The van der Waals surface area contributed by atoms with Gasteiger partial charge in [-0.25, -0.2) is 0 Å². The van der Waals surface area contributed by atoms with Gasteiger partial charge in [0.05, 0.1) is 0 Å². The van der Waals surface area contributed by atoms with Crippen LogP contribution in [-0.4, -0.2) is 0 Å². The largest absolute Gasteiger partial charge is 0.0802 e. The van der Waals surface area contributed by atoms with Crippen LogP contribution in [-0.2, 0) is 11.8 Å². The van der Waals surface area contributed by atoms with Crippen molar-refractivity contribution in [3.05, 3.63) is 101 Å². The molecule has 0 unspecified atom stereocenters. The number of hydrogen-bond acceptors (Lipinski definition) is 0. The van der Waals surface area contributed by atoms with E-state index < -0.39 is 0 Å². The van der Waals surface area contributed by atoms with E-state index in [0.717, 1.165) is 6.42 Å². The van der Waals surface area contributed by atoms with Crippen LogP contribution in [0.2, 0.25) is 0 Å². The van der Waals surface area contributed by atoms with Crippen LogP contribution in [0, 0.1) is 12.3 Å². The maximum Gasteiger partial charge on any atom is -0.0132 e. The second-order valence-corrected chi connectivity index (χ2v) is 11.3. The lowest BCUT2D eigenvalue weighted by atomic mass is 9.77. The van der Waals surface area contributed by atoms with Gasteiger partial charge in [-0.15, -0.1) is 0 Å². The quantitative estimate of drug-likeness (QED) is 0.358. The van der Waals surface area contributed by atoms with Gasteiger partial charge in [0.1, 0.15) is 0 Å². The van der Waals surface area contributed by atoms with E-state index >= 15 is 0 Å². The molecule has 0 heterocycles. The minimum atomic E-state index is 0.228. The molecular formula is C35H48. The van der Waals surface area contributed by atoms with E-state index in [4.69, 9.17) is 0 Å². The molecule has 0 aliphatic heterocycles. The highest BCUT2D eigenvalue weighted by Crippen LogP contribution is 2.37. The van der Waals surface area contributed by atoms with Crippen molar-refractivity contribution < 1.29 is 0 Å². The highest BCUT2D eigenvalue weighted by atomic mass is 14.3. The molecule has 0 bridgehead atoms. The van der Waals surface area contributed by atoms with E-state index in [2.05, 4.69) is 127 Å². The van der Waals surface area contributed by atoms with Gasteiger partial charge in [-0.05, 0) is 76.8 Å². The Hall–Kier alpha value is -2.60. The van der Waals surface area contributed by atoms with Crippen LogP contribution < -0.4 is 0 Å². The molecule has 1 aliphatic carbocycles. The van der Waals surface area contributed by atoms with Gasteiger partial charge in [-0.3, -0.25) is 0 Å². The van der Waals surface area contributed by atoms with Crippen LogP contribution in [0.15, 0.2) is 78.9 Å². The van der Waals surface area contributed by atoms with Crippen molar-refractivity contribution in [1.82, 2.24) is 0 Å². The summed E-state index contributed by atoms with van der Waals surface area (Å²) in [5, 5.41) is 0. The summed E-state index contributed by atoms with van der Waals surface area (Å²) in [5.74, 6) is 0. The molecule has 188 valence electrons. The highest BCUT2D eigenvalue weighted by Gasteiger charge is 2.21. The van der Waals surface area contributed by atoms with Crippen LogP contribution in [0.4, 0.5) is 0 Å². The van der Waals surface area contributed by atoms with Crippen LogP contribution >= 0.6 is 0 Å². The number of rotatable bonds is 3. The lowest BCUT2D eigenvalue weighted by Crippen LogP contribution is -2.14. The second-order valence-electron chi connectivity index (χ2n) is 11.3. The first kappa shape index (κ1) is 28.6. The molecular weight excluding hydrogens is 420 g/mol. The van der Waals surface area contributed by atoms with Gasteiger partial charge in [0, 0.05) is 0 Å². The Labute approximate surface area is 216 Å². The molecule has 0 spiro atoms. The minimum Gasteiger partial charge on any atom is -0.0802 e. The maximum absolute atomic E-state index is 2.43. The number of allylic oxidation sites excluding steroid dienone is 2. The van der Waals surface area contributed by atoms with Gasteiger partial charge in [0.15, 0.2) is 0 Å². The molecule has 0 heteroatoms. The van der Waals surface area contributed by atoms with Crippen molar-refractivity contribution in [1.29, 1.82) is 0 Å². The first-order chi connectivity index (χ1) is 16.6. The summed E-state index contributed by atoms with van der Waals surface area (Å²) in [5.41, 5.74) is 10.4. The van der Waals surface area contributed by atoms with Gasteiger partial charge >= 0.3 is 0 Å². The lowest BCUT2D eigenvalue weighted by Gasteiger charge is -2.28. The van der Waals surface area contributed by atoms with E-state index in [1.54, 1.807) is 5.57 Å². The fourth-order valence-electron chi connectivity index (χ4n) is 4.20. The third kappa shape index (κ3) is 8.84. The molecule has 35 heavy (non-hydrogen) atoms. The summed E-state index contributed by atoms with van der Waals surface area (Å²) in [4.78, 5) is 0. The van der Waals surface area contributed by atoms with E-state index in [1.165, 1.54) is 52.6 Å². The molecule has 0 radical (unpaired) electrons. The Kier molecular flexibility index (Phi) is 10.6. The second kappa shape index (κ2) is 12.9. The van der Waals surface area contributed by atoms with Crippen molar-refractivity contribution in [3.8, 4) is 11.1 Å². The van der Waals surface area contributed by atoms with E-state index in [9.17, 15) is 0 Å². The Bertz CT molecular complexity index is 1040.